The van der Waals surface area contributed by atoms with Gasteiger partial charge in [-0.3, -0.25) is 4.79 Å². The van der Waals surface area contributed by atoms with Crippen LogP contribution in [-0.4, -0.2) is 19.9 Å². The minimum Gasteiger partial charge on any atom is -0.497 e. The lowest BCUT2D eigenvalue weighted by Gasteiger charge is -2.11. The molecule has 0 spiro atoms. The Morgan fingerprint density at radius 1 is 1.16 bits per heavy atom. The van der Waals surface area contributed by atoms with Crippen LogP contribution in [0.15, 0.2) is 54.7 Å². The van der Waals surface area contributed by atoms with Crippen molar-refractivity contribution in [3.8, 4) is 5.75 Å². The van der Waals surface area contributed by atoms with E-state index in [-0.39, 0.29) is 12.2 Å². The lowest BCUT2D eigenvalue weighted by molar-refractivity contribution is -0.137. The van der Waals surface area contributed by atoms with Gasteiger partial charge in [-0.05, 0) is 29.3 Å². The lowest BCUT2D eigenvalue weighted by Crippen LogP contribution is -2.11. The Kier molecular flexibility index (Phi) is 5.85. The van der Waals surface area contributed by atoms with Crippen molar-refractivity contribution in [1.29, 1.82) is 0 Å². The number of hydrogen-bond acceptors (Lipinski definition) is 3. The van der Waals surface area contributed by atoms with Crippen molar-refractivity contribution >= 4 is 11.4 Å². The topological polar surface area (TPSA) is 38.3 Å². The molecule has 0 heterocycles. The Balaban J connectivity index is 2.29. The molecular formula is C19H18F3NO2. The van der Waals surface area contributed by atoms with Crippen molar-refractivity contribution in [2.24, 2.45) is 0 Å². The fourth-order valence-electron chi connectivity index (χ4n) is 2.40. The average molecular weight is 349 g/mol. The van der Waals surface area contributed by atoms with Crippen LogP contribution in [-0.2, 0) is 17.4 Å². The quantitative estimate of drug-likeness (QED) is 0.799. The van der Waals surface area contributed by atoms with Gasteiger partial charge in [0.1, 0.15) is 5.75 Å². The molecule has 2 aromatic carbocycles. The zero-order chi connectivity index (χ0) is 18.4. The Morgan fingerprint density at radius 3 is 2.52 bits per heavy atom. The number of ketones is 1. The molecule has 0 saturated carbocycles. The van der Waals surface area contributed by atoms with Crippen LogP contribution in [0.5, 0.6) is 5.75 Å². The van der Waals surface area contributed by atoms with Gasteiger partial charge in [0, 0.05) is 25.2 Å². The SMILES string of the molecule is CNC=C(C(=O)Cc1cccc(C(F)(F)F)c1)c1cccc(OC)c1. The Labute approximate surface area is 144 Å². The lowest BCUT2D eigenvalue weighted by atomic mass is 9.96. The molecule has 0 aliphatic carbocycles. The summed E-state index contributed by atoms with van der Waals surface area (Å²) in [5, 5.41) is 2.80. The Morgan fingerprint density at radius 2 is 1.88 bits per heavy atom. The number of benzene rings is 2. The van der Waals surface area contributed by atoms with Crippen molar-refractivity contribution < 1.29 is 22.7 Å². The first kappa shape index (κ1) is 18.6. The van der Waals surface area contributed by atoms with E-state index >= 15 is 0 Å². The average Bonchev–Trinajstić information content (AvgIpc) is 2.59. The third-order valence-electron chi connectivity index (χ3n) is 3.59. The van der Waals surface area contributed by atoms with E-state index in [2.05, 4.69) is 5.32 Å². The smallest absolute Gasteiger partial charge is 0.416 e. The van der Waals surface area contributed by atoms with E-state index in [0.29, 0.717) is 22.4 Å². The number of halogens is 3. The summed E-state index contributed by atoms with van der Waals surface area (Å²) in [6.45, 7) is 0. The van der Waals surface area contributed by atoms with Crippen molar-refractivity contribution in [3.05, 3.63) is 71.4 Å². The standard InChI is InChI=1S/C19H18F3NO2/c1-23-12-17(14-6-4-8-16(11-14)25-2)18(24)10-13-5-3-7-15(9-13)19(20,21)22/h3-9,11-12,23H,10H2,1-2H3. The summed E-state index contributed by atoms with van der Waals surface area (Å²) in [6, 6.07) is 11.7. The summed E-state index contributed by atoms with van der Waals surface area (Å²) >= 11 is 0. The minimum atomic E-state index is -4.44. The number of rotatable bonds is 6. The maximum absolute atomic E-state index is 12.8. The second kappa shape index (κ2) is 7.88. The molecule has 0 aliphatic rings. The van der Waals surface area contributed by atoms with Gasteiger partial charge in [-0.25, -0.2) is 0 Å². The zero-order valence-electron chi connectivity index (χ0n) is 13.9. The number of carbonyl (C=O) groups is 1. The molecule has 2 rings (SSSR count). The van der Waals surface area contributed by atoms with Crippen molar-refractivity contribution in [3.63, 3.8) is 0 Å². The third kappa shape index (κ3) is 4.86. The third-order valence-corrected chi connectivity index (χ3v) is 3.59. The van der Waals surface area contributed by atoms with Crippen molar-refractivity contribution in [2.45, 2.75) is 12.6 Å². The van der Waals surface area contributed by atoms with Crippen LogP contribution in [0.3, 0.4) is 0 Å². The fourth-order valence-corrected chi connectivity index (χ4v) is 2.40. The van der Waals surface area contributed by atoms with Crippen LogP contribution < -0.4 is 10.1 Å². The summed E-state index contributed by atoms with van der Waals surface area (Å²) in [7, 11) is 3.17. The fraction of sp³-hybridized carbons (Fsp3) is 0.211. The van der Waals surface area contributed by atoms with Crippen LogP contribution in [0.4, 0.5) is 13.2 Å². The molecule has 3 nitrogen and oxygen atoms in total. The predicted molar refractivity (Wildman–Crippen MR) is 90.2 cm³/mol. The molecule has 0 saturated heterocycles. The second-order valence-corrected chi connectivity index (χ2v) is 5.38. The first-order valence-corrected chi connectivity index (χ1v) is 7.56. The van der Waals surface area contributed by atoms with E-state index in [1.54, 1.807) is 31.3 Å². The van der Waals surface area contributed by atoms with E-state index in [1.807, 2.05) is 0 Å². The van der Waals surface area contributed by atoms with Gasteiger partial charge in [-0.2, -0.15) is 13.2 Å². The monoisotopic (exact) mass is 349 g/mol. The molecule has 6 heteroatoms. The van der Waals surface area contributed by atoms with E-state index in [1.165, 1.54) is 25.4 Å². The molecule has 0 bridgehead atoms. The van der Waals surface area contributed by atoms with Gasteiger partial charge in [-0.15, -0.1) is 0 Å². The summed E-state index contributed by atoms with van der Waals surface area (Å²) in [5.74, 6) is 0.299. The largest absolute Gasteiger partial charge is 0.497 e. The highest BCUT2D eigenvalue weighted by atomic mass is 19.4. The molecule has 0 amide bonds. The molecule has 0 fully saturated rings. The van der Waals surface area contributed by atoms with Crippen LogP contribution in [0.25, 0.3) is 5.57 Å². The molecule has 0 aliphatic heterocycles. The second-order valence-electron chi connectivity index (χ2n) is 5.38. The molecule has 1 N–H and O–H groups in total. The molecule has 0 atom stereocenters. The van der Waals surface area contributed by atoms with Crippen LogP contribution in [0.2, 0.25) is 0 Å². The highest BCUT2D eigenvalue weighted by Gasteiger charge is 2.30. The highest BCUT2D eigenvalue weighted by molar-refractivity contribution is 6.21. The maximum atomic E-state index is 12.8. The molecule has 132 valence electrons. The number of allylic oxidation sites excluding steroid dienone is 1. The summed E-state index contributed by atoms with van der Waals surface area (Å²) in [5.41, 5.74) is 0.549. The maximum Gasteiger partial charge on any atom is 0.416 e. The van der Waals surface area contributed by atoms with Gasteiger partial charge in [0.05, 0.1) is 12.7 Å². The number of methoxy groups -OCH3 is 1. The van der Waals surface area contributed by atoms with Gasteiger partial charge in [-0.1, -0.05) is 30.3 Å². The van der Waals surface area contributed by atoms with Crippen molar-refractivity contribution in [2.75, 3.05) is 14.2 Å². The molecule has 0 aromatic heterocycles. The summed E-state index contributed by atoms with van der Waals surface area (Å²) < 4.78 is 43.6. The van der Waals surface area contributed by atoms with Gasteiger partial charge < -0.3 is 10.1 Å². The Hall–Kier alpha value is -2.76. The van der Waals surface area contributed by atoms with Crippen molar-refractivity contribution in [1.82, 2.24) is 5.32 Å². The number of Topliss-reactive ketones (excluding diaryl/α,β-unsaturated/α-hetero) is 1. The normalized spacial score (nSPS) is 12.0. The first-order chi connectivity index (χ1) is 11.8. The van der Waals surface area contributed by atoms with Crippen LogP contribution >= 0.6 is 0 Å². The number of carbonyl (C=O) groups excluding carboxylic acids is 1. The molecule has 0 radical (unpaired) electrons. The first-order valence-electron chi connectivity index (χ1n) is 7.56. The molecule has 2 aromatic rings. The van der Waals surface area contributed by atoms with Gasteiger partial charge in [0.2, 0.25) is 0 Å². The van der Waals surface area contributed by atoms with E-state index < -0.39 is 11.7 Å². The van der Waals surface area contributed by atoms with E-state index in [4.69, 9.17) is 4.74 Å². The predicted octanol–water partition coefficient (Wildman–Crippen LogP) is 4.09. The summed E-state index contributed by atoms with van der Waals surface area (Å²) in [4.78, 5) is 12.6. The highest BCUT2D eigenvalue weighted by Crippen LogP contribution is 2.30. The Bertz CT molecular complexity index is 782. The molecule has 0 unspecified atom stereocenters. The zero-order valence-corrected chi connectivity index (χ0v) is 13.9. The number of nitrogens with one attached hydrogen (secondary N) is 1. The van der Waals surface area contributed by atoms with E-state index in [9.17, 15) is 18.0 Å². The number of ether oxygens (including phenoxy) is 1. The van der Waals surface area contributed by atoms with Crippen LogP contribution in [0.1, 0.15) is 16.7 Å². The minimum absolute atomic E-state index is 0.130. The van der Waals surface area contributed by atoms with Gasteiger partial charge >= 0.3 is 6.18 Å². The van der Waals surface area contributed by atoms with Gasteiger partial charge in [0.25, 0.3) is 0 Å². The van der Waals surface area contributed by atoms with Gasteiger partial charge in [0.15, 0.2) is 5.78 Å². The molecular weight excluding hydrogens is 331 g/mol. The summed E-state index contributed by atoms with van der Waals surface area (Å²) in [6.07, 6.45) is -3.03. The van der Waals surface area contributed by atoms with E-state index in [0.717, 1.165) is 12.1 Å². The number of alkyl halides is 3. The van der Waals surface area contributed by atoms with Crippen LogP contribution in [0, 0.1) is 0 Å². The number of hydrogen-bond donors (Lipinski definition) is 1. The molecule has 25 heavy (non-hydrogen) atoms.